The van der Waals surface area contributed by atoms with Crippen LogP contribution in [0.25, 0.3) is 11.3 Å². The number of carbonyl (C=O) groups is 1. The van der Waals surface area contributed by atoms with Gasteiger partial charge in [-0.1, -0.05) is 37.3 Å². The molecule has 1 amide bonds. The SMILES string of the molecule is C[C@H](CNC(=O)c1ccc(-c2ccc(F)cc2)o1)c1ccccc1. The number of rotatable bonds is 5. The van der Waals surface area contributed by atoms with E-state index in [1.165, 1.54) is 17.7 Å². The molecule has 0 bridgehead atoms. The highest BCUT2D eigenvalue weighted by atomic mass is 19.1. The minimum absolute atomic E-state index is 0.210. The zero-order valence-corrected chi connectivity index (χ0v) is 13.3. The standard InChI is InChI=1S/C20H18FNO2/c1-14(15-5-3-2-4-6-15)13-22-20(23)19-12-11-18(24-19)16-7-9-17(21)10-8-16/h2-12,14H,13H2,1H3,(H,22,23)/t14-/m1/s1. The van der Waals surface area contributed by atoms with Crippen LogP contribution in [0.5, 0.6) is 0 Å². The Balaban J connectivity index is 1.63. The minimum Gasteiger partial charge on any atom is -0.451 e. The van der Waals surface area contributed by atoms with Crippen LogP contribution < -0.4 is 5.32 Å². The molecule has 0 aliphatic heterocycles. The lowest BCUT2D eigenvalue weighted by molar-refractivity contribution is 0.0925. The molecule has 0 unspecified atom stereocenters. The first kappa shape index (κ1) is 16.0. The van der Waals surface area contributed by atoms with Crippen molar-refractivity contribution in [2.75, 3.05) is 6.54 Å². The van der Waals surface area contributed by atoms with E-state index in [1.54, 1.807) is 24.3 Å². The van der Waals surface area contributed by atoms with Gasteiger partial charge in [0.05, 0.1) is 0 Å². The van der Waals surface area contributed by atoms with Gasteiger partial charge in [0.1, 0.15) is 11.6 Å². The maximum Gasteiger partial charge on any atom is 0.287 e. The van der Waals surface area contributed by atoms with Gasteiger partial charge in [-0.25, -0.2) is 4.39 Å². The Morgan fingerprint density at radius 1 is 1.04 bits per heavy atom. The molecule has 122 valence electrons. The molecule has 3 aromatic rings. The smallest absolute Gasteiger partial charge is 0.287 e. The Bertz CT molecular complexity index is 809. The molecular formula is C20H18FNO2. The van der Waals surface area contributed by atoms with Crippen LogP contribution in [-0.4, -0.2) is 12.5 Å². The molecule has 1 aromatic heterocycles. The Hall–Kier alpha value is -2.88. The molecule has 0 spiro atoms. The van der Waals surface area contributed by atoms with Crippen molar-refractivity contribution in [3.63, 3.8) is 0 Å². The lowest BCUT2D eigenvalue weighted by Crippen LogP contribution is -2.27. The van der Waals surface area contributed by atoms with Crippen LogP contribution in [0.3, 0.4) is 0 Å². The topological polar surface area (TPSA) is 42.2 Å². The van der Waals surface area contributed by atoms with Gasteiger partial charge in [-0.2, -0.15) is 0 Å². The number of benzene rings is 2. The Kier molecular flexibility index (Phi) is 4.75. The highest BCUT2D eigenvalue weighted by molar-refractivity contribution is 5.92. The van der Waals surface area contributed by atoms with Gasteiger partial charge >= 0.3 is 0 Å². The van der Waals surface area contributed by atoms with Crippen LogP contribution in [-0.2, 0) is 0 Å². The summed E-state index contributed by atoms with van der Waals surface area (Å²) in [6.45, 7) is 2.58. The predicted octanol–water partition coefficient (Wildman–Crippen LogP) is 4.62. The monoisotopic (exact) mass is 323 g/mol. The fourth-order valence-corrected chi connectivity index (χ4v) is 2.46. The summed E-state index contributed by atoms with van der Waals surface area (Å²) in [4.78, 5) is 12.2. The molecule has 1 N–H and O–H groups in total. The molecule has 1 heterocycles. The van der Waals surface area contributed by atoms with Crippen molar-refractivity contribution in [1.82, 2.24) is 5.32 Å². The van der Waals surface area contributed by atoms with Gasteiger partial charge in [-0.15, -0.1) is 0 Å². The second-order valence-electron chi connectivity index (χ2n) is 5.69. The maximum atomic E-state index is 13.0. The Morgan fingerprint density at radius 3 is 2.46 bits per heavy atom. The third-order valence-corrected chi connectivity index (χ3v) is 3.90. The molecule has 0 radical (unpaired) electrons. The van der Waals surface area contributed by atoms with Crippen LogP contribution in [0, 0.1) is 5.82 Å². The molecule has 0 fully saturated rings. The molecule has 0 aliphatic carbocycles. The molecule has 3 rings (SSSR count). The van der Waals surface area contributed by atoms with E-state index >= 15 is 0 Å². The molecule has 4 heteroatoms. The average molecular weight is 323 g/mol. The summed E-state index contributed by atoms with van der Waals surface area (Å²) in [7, 11) is 0. The van der Waals surface area contributed by atoms with E-state index in [9.17, 15) is 9.18 Å². The highest BCUT2D eigenvalue weighted by Crippen LogP contribution is 2.22. The number of amides is 1. The third kappa shape index (κ3) is 3.71. The van der Waals surface area contributed by atoms with Gasteiger partial charge in [0.25, 0.3) is 5.91 Å². The first-order valence-corrected chi connectivity index (χ1v) is 7.82. The molecule has 24 heavy (non-hydrogen) atoms. The molecule has 3 nitrogen and oxygen atoms in total. The second kappa shape index (κ2) is 7.13. The van der Waals surface area contributed by atoms with E-state index in [-0.39, 0.29) is 23.4 Å². The summed E-state index contributed by atoms with van der Waals surface area (Å²) in [5.41, 5.74) is 1.90. The molecule has 0 aliphatic rings. The average Bonchev–Trinajstić information content (AvgIpc) is 3.11. The normalized spacial score (nSPS) is 11.9. The zero-order chi connectivity index (χ0) is 16.9. The summed E-state index contributed by atoms with van der Waals surface area (Å²) in [6.07, 6.45) is 0. The quantitative estimate of drug-likeness (QED) is 0.744. The zero-order valence-electron chi connectivity index (χ0n) is 13.3. The first-order valence-electron chi connectivity index (χ1n) is 7.82. The van der Waals surface area contributed by atoms with Crippen LogP contribution >= 0.6 is 0 Å². The van der Waals surface area contributed by atoms with Gasteiger partial charge in [0, 0.05) is 12.1 Å². The predicted molar refractivity (Wildman–Crippen MR) is 91.3 cm³/mol. The van der Waals surface area contributed by atoms with Crippen molar-refractivity contribution >= 4 is 5.91 Å². The van der Waals surface area contributed by atoms with Crippen LogP contribution in [0.1, 0.15) is 29.0 Å². The number of hydrogen-bond acceptors (Lipinski definition) is 2. The van der Waals surface area contributed by atoms with Crippen molar-refractivity contribution in [2.45, 2.75) is 12.8 Å². The fraction of sp³-hybridized carbons (Fsp3) is 0.150. The van der Waals surface area contributed by atoms with Crippen molar-refractivity contribution < 1.29 is 13.6 Å². The molecule has 0 saturated carbocycles. The number of nitrogens with one attached hydrogen (secondary N) is 1. The lowest BCUT2D eigenvalue weighted by Gasteiger charge is -2.12. The highest BCUT2D eigenvalue weighted by Gasteiger charge is 2.14. The summed E-state index contributed by atoms with van der Waals surface area (Å²) in [6, 6.07) is 19.3. The Labute approximate surface area is 140 Å². The van der Waals surface area contributed by atoms with Gasteiger partial charge in [0.15, 0.2) is 5.76 Å². The van der Waals surface area contributed by atoms with Gasteiger partial charge in [-0.3, -0.25) is 4.79 Å². The molecular weight excluding hydrogens is 305 g/mol. The molecule has 1 atom stereocenters. The van der Waals surface area contributed by atoms with Gasteiger partial charge in [0.2, 0.25) is 0 Å². The largest absolute Gasteiger partial charge is 0.451 e. The number of furan rings is 1. The number of hydrogen-bond donors (Lipinski definition) is 1. The number of halogens is 1. The third-order valence-electron chi connectivity index (χ3n) is 3.90. The van der Waals surface area contributed by atoms with E-state index in [0.717, 1.165) is 5.56 Å². The van der Waals surface area contributed by atoms with Crippen molar-refractivity contribution in [3.8, 4) is 11.3 Å². The summed E-state index contributed by atoms with van der Waals surface area (Å²) >= 11 is 0. The minimum atomic E-state index is -0.307. The molecule has 2 aromatic carbocycles. The maximum absolute atomic E-state index is 13.0. The van der Waals surface area contributed by atoms with E-state index in [4.69, 9.17) is 4.42 Å². The number of carbonyl (C=O) groups excluding carboxylic acids is 1. The van der Waals surface area contributed by atoms with Crippen molar-refractivity contribution in [3.05, 3.63) is 83.9 Å². The molecule has 0 saturated heterocycles. The Morgan fingerprint density at radius 2 is 1.75 bits per heavy atom. The lowest BCUT2D eigenvalue weighted by atomic mass is 10.0. The van der Waals surface area contributed by atoms with E-state index < -0.39 is 0 Å². The van der Waals surface area contributed by atoms with E-state index in [1.807, 2.05) is 30.3 Å². The van der Waals surface area contributed by atoms with Gasteiger partial charge < -0.3 is 9.73 Å². The van der Waals surface area contributed by atoms with Gasteiger partial charge in [-0.05, 0) is 47.9 Å². The van der Waals surface area contributed by atoms with Crippen molar-refractivity contribution in [1.29, 1.82) is 0 Å². The first-order chi connectivity index (χ1) is 11.6. The fourth-order valence-electron chi connectivity index (χ4n) is 2.46. The van der Waals surface area contributed by atoms with Crippen LogP contribution in [0.4, 0.5) is 4.39 Å². The summed E-state index contributed by atoms with van der Waals surface area (Å²) in [5.74, 6) is 0.428. The second-order valence-corrected chi connectivity index (χ2v) is 5.69. The van der Waals surface area contributed by atoms with E-state index in [2.05, 4.69) is 12.2 Å². The summed E-state index contributed by atoms with van der Waals surface area (Å²) in [5, 5.41) is 2.88. The van der Waals surface area contributed by atoms with Crippen molar-refractivity contribution in [2.24, 2.45) is 0 Å². The van der Waals surface area contributed by atoms with Crippen LogP contribution in [0.2, 0.25) is 0 Å². The van der Waals surface area contributed by atoms with Crippen LogP contribution in [0.15, 0.2) is 71.1 Å². The summed E-state index contributed by atoms with van der Waals surface area (Å²) < 4.78 is 18.5. The van der Waals surface area contributed by atoms with E-state index in [0.29, 0.717) is 12.3 Å².